The number of benzene rings is 1. The summed E-state index contributed by atoms with van der Waals surface area (Å²) in [4.78, 5) is 12.1. The summed E-state index contributed by atoms with van der Waals surface area (Å²) < 4.78 is 5.85. The van der Waals surface area contributed by atoms with Crippen LogP contribution in [0.2, 0.25) is 0 Å². The van der Waals surface area contributed by atoms with Gasteiger partial charge in [0.15, 0.2) is 5.96 Å². The Hall–Kier alpha value is -2.28. The molecule has 25 heavy (non-hydrogen) atoms. The number of amides is 1. The zero-order valence-electron chi connectivity index (χ0n) is 15.6. The van der Waals surface area contributed by atoms with Gasteiger partial charge in [-0.1, -0.05) is 18.2 Å². The van der Waals surface area contributed by atoms with Crippen LogP contribution in [0.25, 0.3) is 0 Å². The zero-order valence-corrected chi connectivity index (χ0v) is 15.6. The van der Waals surface area contributed by atoms with Crippen LogP contribution in [0.15, 0.2) is 18.2 Å². The normalized spacial score (nSPS) is 12.8. The van der Waals surface area contributed by atoms with E-state index in [-0.39, 0.29) is 17.9 Å². The average molecular weight is 349 g/mol. The van der Waals surface area contributed by atoms with Crippen LogP contribution in [-0.4, -0.2) is 44.1 Å². The molecule has 0 aromatic heterocycles. The summed E-state index contributed by atoms with van der Waals surface area (Å²) in [5, 5.41) is 15.9. The number of rotatable bonds is 9. The number of para-hydroxylation sites is 1. The fourth-order valence-corrected chi connectivity index (χ4v) is 2.38. The molecule has 0 radical (unpaired) electrons. The van der Waals surface area contributed by atoms with E-state index in [0.29, 0.717) is 26.0 Å². The Morgan fingerprint density at radius 2 is 1.96 bits per heavy atom. The van der Waals surface area contributed by atoms with E-state index in [1.165, 1.54) is 0 Å². The van der Waals surface area contributed by atoms with Crippen LogP contribution in [0.5, 0.6) is 5.75 Å². The van der Waals surface area contributed by atoms with Gasteiger partial charge in [0.05, 0.1) is 12.1 Å². The van der Waals surface area contributed by atoms with Gasteiger partial charge in [-0.25, -0.2) is 0 Å². The van der Waals surface area contributed by atoms with Crippen LogP contribution in [-0.2, 0) is 4.79 Å². The largest absolute Gasteiger partial charge is 0.491 e. The number of carbonyl (C=O) groups is 1. The molecule has 1 aromatic carbocycles. The quantitative estimate of drug-likeness (QED) is 0.260. The number of carbonyl (C=O) groups excluding carboxylic acids is 1. The van der Waals surface area contributed by atoms with Crippen molar-refractivity contribution in [1.82, 2.24) is 16.0 Å². The van der Waals surface area contributed by atoms with Gasteiger partial charge in [0.2, 0.25) is 5.91 Å². The van der Waals surface area contributed by atoms with E-state index in [9.17, 15) is 4.79 Å². The number of nitrogens with one attached hydrogen (secondary N) is 4. The predicted octanol–water partition coefficient (Wildman–Crippen LogP) is 1.04. The third kappa shape index (κ3) is 7.43. The molecule has 0 spiro atoms. The summed E-state index contributed by atoms with van der Waals surface area (Å²) in [6.07, 6.45) is 1.27. The van der Waals surface area contributed by atoms with Crippen molar-refractivity contribution in [2.45, 2.75) is 45.7 Å². The van der Waals surface area contributed by atoms with Gasteiger partial charge in [-0.15, -0.1) is 0 Å². The molecule has 7 heteroatoms. The standard InChI is InChI=1S/C18H31N5O2/c1-12-7-5-8-13(2)16(12)25-11-14(3)23-17(24)15(19)9-6-10-22-18(20)21-4/h5,7-8,14-15H,6,9-11,19H2,1-4H3,(H,23,24)(H3,20,21,22)/t14?,15-/m0/s1. The first kappa shape index (κ1) is 20.8. The molecule has 1 amide bonds. The number of guanidine groups is 1. The number of nitrogens with two attached hydrogens (primary N) is 1. The first-order valence-electron chi connectivity index (χ1n) is 8.60. The summed E-state index contributed by atoms with van der Waals surface area (Å²) in [6.45, 7) is 6.90. The molecule has 0 aliphatic heterocycles. The fourth-order valence-electron chi connectivity index (χ4n) is 2.38. The molecule has 0 saturated carbocycles. The van der Waals surface area contributed by atoms with Crippen molar-refractivity contribution < 1.29 is 9.53 Å². The van der Waals surface area contributed by atoms with Crippen molar-refractivity contribution in [1.29, 1.82) is 5.41 Å². The van der Waals surface area contributed by atoms with Crippen LogP contribution in [0.1, 0.15) is 30.9 Å². The lowest BCUT2D eigenvalue weighted by molar-refractivity contribution is -0.123. The Kier molecular flexibility index (Phi) is 8.77. The molecule has 1 unspecified atom stereocenters. The monoisotopic (exact) mass is 349 g/mol. The fraction of sp³-hybridized carbons (Fsp3) is 0.556. The molecular weight excluding hydrogens is 318 g/mol. The summed E-state index contributed by atoms with van der Waals surface area (Å²) in [6, 6.07) is 5.31. The van der Waals surface area contributed by atoms with Crippen LogP contribution in [0.3, 0.4) is 0 Å². The highest BCUT2D eigenvalue weighted by Crippen LogP contribution is 2.22. The molecule has 140 valence electrons. The molecule has 0 heterocycles. The van der Waals surface area contributed by atoms with Crippen molar-refractivity contribution in [3.63, 3.8) is 0 Å². The maximum absolute atomic E-state index is 12.1. The van der Waals surface area contributed by atoms with Crippen LogP contribution < -0.4 is 26.4 Å². The van der Waals surface area contributed by atoms with E-state index >= 15 is 0 Å². The highest BCUT2D eigenvalue weighted by atomic mass is 16.5. The van der Waals surface area contributed by atoms with Crippen molar-refractivity contribution in [3.8, 4) is 5.75 Å². The average Bonchev–Trinajstić information content (AvgIpc) is 2.57. The van der Waals surface area contributed by atoms with Gasteiger partial charge >= 0.3 is 0 Å². The van der Waals surface area contributed by atoms with Crippen LogP contribution >= 0.6 is 0 Å². The molecule has 0 bridgehead atoms. The number of hydrogen-bond acceptors (Lipinski definition) is 4. The maximum atomic E-state index is 12.1. The predicted molar refractivity (Wildman–Crippen MR) is 101 cm³/mol. The lowest BCUT2D eigenvalue weighted by Gasteiger charge is -2.19. The Morgan fingerprint density at radius 3 is 2.56 bits per heavy atom. The Labute approximate surface area is 150 Å². The van der Waals surface area contributed by atoms with E-state index in [0.717, 1.165) is 16.9 Å². The molecule has 6 N–H and O–H groups in total. The Bertz CT molecular complexity index is 556. The van der Waals surface area contributed by atoms with Crippen molar-refractivity contribution >= 4 is 11.9 Å². The number of hydrogen-bond donors (Lipinski definition) is 5. The summed E-state index contributed by atoms with van der Waals surface area (Å²) in [7, 11) is 1.68. The van der Waals surface area contributed by atoms with Crippen LogP contribution in [0, 0.1) is 19.3 Å². The minimum absolute atomic E-state index is 0.131. The van der Waals surface area contributed by atoms with Crippen LogP contribution in [0.4, 0.5) is 0 Å². The van der Waals surface area contributed by atoms with Gasteiger partial charge < -0.3 is 26.4 Å². The second-order valence-electron chi connectivity index (χ2n) is 6.24. The summed E-state index contributed by atoms with van der Waals surface area (Å²) in [5.74, 6) is 0.947. The maximum Gasteiger partial charge on any atom is 0.237 e. The number of aryl methyl sites for hydroxylation is 2. The third-order valence-electron chi connectivity index (χ3n) is 3.86. The molecule has 0 aliphatic carbocycles. The molecule has 0 saturated heterocycles. The van der Waals surface area contributed by atoms with Gasteiger partial charge in [0.1, 0.15) is 12.4 Å². The molecule has 7 nitrogen and oxygen atoms in total. The number of ether oxygens (including phenoxy) is 1. The highest BCUT2D eigenvalue weighted by molar-refractivity contribution is 5.81. The Balaban J connectivity index is 2.32. The van der Waals surface area contributed by atoms with Gasteiger partial charge in [-0.2, -0.15) is 0 Å². The molecule has 1 rings (SSSR count). The van der Waals surface area contributed by atoms with E-state index in [1.54, 1.807) is 7.05 Å². The first-order valence-corrected chi connectivity index (χ1v) is 8.60. The van der Waals surface area contributed by atoms with Crippen molar-refractivity contribution in [2.24, 2.45) is 5.73 Å². The van der Waals surface area contributed by atoms with Crippen molar-refractivity contribution in [2.75, 3.05) is 20.2 Å². The van der Waals surface area contributed by atoms with Gasteiger partial charge in [-0.3, -0.25) is 10.2 Å². The molecule has 0 aliphatic rings. The molecular formula is C18H31N5O2. The lowest BCUT2D eigenvalue weighted by atomic mass is 10.1. The third-order valence-corrected chi connectivity index (χ3v) is 3.86. The lowest BCUT2D eigenvalue weighted by Crippen LogP contribution is -2.46. The SMILES string of the molecule is CNC(=N)NCCC[C@H](N)C(=O)NC(C)COc1c(C)cccc1C. The van der Waals surface area contributed by atoms with E-state index < -0.39 is 6.04 Å². The van der Waals surface area contributed by atoms with E-state index in [4.69, 9.17) is 15.9 Å². The Morgan fingerprint density at radius 1 is 1.32 bits per heavy atom. The molecule has 2 atom stereocenters. The van der Waals surface area contributed by atoms with E-state index in [1.807, 2.05) is 39.0 Å². The summed E-state index contributed by atoms with van der Waals surface area (Å²) >= 11 is 0. The van der Waals surface area contributed by atoms with Gasteiger partial charge in [0.25, 0.3) is 0 Å². The minimum Gasteiger partial charge on any atom is -0.491 e. The zero-order chi connectivity index (χ0) is 18.8. The van der Waals surface area contributed by atoms with Crippen molar-refractivity contribution in [3.05, 3.63) is 29.3 Å². The molecule has 0 fully saturated rings. The molecule has 1 aromatic rings. The van der Waals surface area contributed by atoms with E-state index in [2.05, 4.69) is 16.0 Å². The second-order valence-corrected chi connectivity index (χ2v) is 6.24. The van der Waals surface area contributed by atoms with Gasteiger partial charge in [-0.05, 0) is 44.7 Å². The highest BCUT2D eigenvalue weighted by Gasteiger charge is 2.16. The second kappa shape index (κ2) is 10.6. The minimum atomic E-state index is -0.562. The first-order chi connectivity index (χ1) is 11.8. The topological polar surface area (TPSA) is 112 Å². The van der Waals surface area contributed by atoms with Gasteiger partial charge in [0, 0.05) is 13.6 Å². The summed E-state index contributed by atoms with van der Waals surface area (Å²) in [5.41, 5.74) is 8.08. The smallest absolute Gasteiger partial charge is 0.237 e.